The van der Waals surface area contributed by atoms with Gasteiger partial charge in [0.15, 0.2) is 0 Å². The average Bonchev–Trinajstić information content (AvgIpc) is 2.57. The number of benzene rings is 2. The zero-order chi connectivity index (χ0) is 16.1. The molecule has 2 aromatic carbocycles. The Hall–Kier alpha value is -2.52. The smallest absolute Gasteiger partial charge is 0.414 e. The Morgan fingerprint density at radius 2 is 1.52 bits per heavy atom. The molecule has 0 aliphatic heterocycles. The number of carbonyl (C=O) groups excluding carboxylic acids is 1. The Kier molecular flexibility index (Phi) is 4.79. The third kappa shape index (κ3) is 3.82. The van der Waals surface area contributed by atoms with Crippen molar-refractivity contribution < 1.29 is 9.53 Å². The van der Waals surface area contributed by atoms with E-state index in [2.05, 4.69) is 0 Å². The second kappa shape index (κ2) is 7.16. The molecule has 1 aliphatic carbocycles. The normalized spacial score (nSPS) is 13.8. The molecule has 3 rings (SSSR count). The first-order valence-corrected chi connectivity index (χ1v) is 7.80. The first-order chi connectivity index (χ1) is 11.2. The molecule has 0 atom stereocenters. The molecule has 1 aliphatic rings. The van der Waals surface area contributed by atoms with E-state index in [4.69, 9.17) is 16.3 Å². The van der Waals surface area contributed by atoms with E-state index >= 15 is 0 Å². The van der Waals surface area contributed by atoms with Crippen LogP contribution in [0.5, 0.6) is 0 Å². The first kappa shape index (κ1) is 15.4. The number of amides is 1. The third-order valence-corrected chi connectivity index (χ3v) is 3.72. The van der Waals surface area contributed by atoms with Crippen LogP contribution in [-0.2, 0) is 4.74 Å². The van der Waals surface area contributed by atoms with Crippen molar-refractivity contribution in [3.05, 3.63) is 83.6 Å². The van der Waals surface area contributed by atoms with Crippen LogP contribution in [0.3, 0.4) is 0 Å². The van der Waals surface area contributed by atoms with E-state index in [1.165, 1.54) is 0 Å². The second-order valence-corrected chi connectivity index (χ2v) is 5.55. The van der Waals surface area contributed by atoms with Gasteiger partial charge >= 0.3 is 6.09 Å². The summed E-state index contributed by atoms with van der Waals surface area (Å²) in [4.78, 5) is 14.3. The molecule has 0 bridgehead atoms. The van der Waals surface area contributed by atoms with Gasteiger partial charge in [0.25, 0.3) is 0 Å². The lowest BCUT2D eigenvalue weighted by Crippen LogP contribution is -2.26. The highest BCUT2D eigenvalue weighted by molar-refractivity contribution is 6.31. The van der Waals surface area contributed by atoms with Crippen LogP contribution in [0.15, 0.2) is 83.6 Å². The predicted octanol–water partition coefficient (Wildman–Crippen LogP) is 5.76. The minimum Gasteiger partial charge on any atom is -0.414 e. The van der Waals surface area contributed by atoms with Crippen molar-refractivity contribution in [2.75, 3.05) is 4.90 Å². The van der Waals surface area contributed by atoms with E-state index in [0.717, 1.165) is 17.8 Å². The molecule has 0 unspecified atom stereocenters. The molecule has 0 aromatic heterocycles. The lowest BCUT2D eigenvalue weighted by molar-refractivity contribution is 0.183. The van der Waals surface area contributed by atoms with Crippen molar-refractivity contribution in [2.24, 2.45) is 0 Å². The number of anilines is 2. The number of halogens is 1. The Morgan fingerprint density at radius 1 is 0.957 bits per heavy atom. The molecule has 2 aromatic rings. The third-order valence-electron chi connectivity index (χ3n) is 3.46. The molecule has 3 nitrogen and oxygen atoms in total. The summed E-state index contributed by atoms with van der Waals surface area (Å²) in [6.07, 6.45) is 4.59. The topological polar surface area (TPSA) is 29.5 Å². The van der Waals surface area contributed by atoms with Gasteiger partial charge in [-0.15, -0.1) is 0 Å². The van der Waals surface area contributed by atoms with Crippen molar-refractivity contribution in [2.45, 2.75) is 12.8 Å². The number of ether oxygens (including phenoxy) is 1. The van der Waals surface area contributed by atoms with E-state index in [9.17, 15) is 4.79 Å². The average molecular weight is 326 g/mol. The molecule has 0 radical (unpaired) electrons. The minimum atomic E-state index is -0.444. The van der Waals surface area contributed by atoms with Crippen molar-refractivity contribution in [3.8, 4) is 0 Å². The van der Waals surface area contributed by atoms with E-state index in [1.54, 1.807) is 11.0 Å². The zero-order valence-corrected chi connectivity index (χ0v) is 13.2. The number of hydrogen-bond acceptors (Lipinski definition) is 2. The van der Waals surface area contributed by atoms with Crippen LogP contribution in [0, 0.1) is 0 Å². The van der Waals surface area contributed by atoms with Crippen LogP contribution < -0.4 is 4.90 Å². The van der Waals surface area contributed by atoms with Crippen molar-refractivity contribution in [1.82, 2.24) is 0 Å². The lowest BCUT2D eigenvalue weighted by atomic mass is 10.1. The predicted molar refractivity (Wildman–Crippen MR) is 92.8 cm³/mol. The number of rotatable bonds is 3. The van der Waals surface area contributed by atoms with Crippen LogP contribution in [0.2, 0.25) is 0 Å². The maximum absolute atomic E-state index is 12.7. The van der Waals surface area contributed by atoms with Crippen LogP contribution >= 0.6 is 11.6 Å². The molecule has 23 heavy (non-hydrogen) atoms. The van der Waals surface area contributed by atoms with Crippen molar-refractivity contribution in [3.63, 3.8) is 0 Å². The van der Waals surface area contributed by atoms with Crippen molar-refractivity contribution >= 4 is 29.1 Å². The summed E-state index contributed by atoms with van der Waals surface area (Å²) in [5.41, 5.74) is 1.50. The Bertz CT molecular complexity index is 699. The van der Waals surface area contributed by atoms with Gasteiger partial charge in [0, 0.05) is 11.5 Å². The number of para-hydroxylation sites is 2. The summed E-state index contributed by atoms with van der Waals surface area (Å²) in [7, 11) is 0. The maximum atomic E-state index is 12.7. The van der Waals surface area contributed by atoms with Crippen LogP contribution in [-0.4, -0.2) is 6.09 Å². The van der Waals surface area contributed by atoms with Gasteiger partial charge in [0.1, 0.15) is 5.76 Å². The number of nitrogens with zero attached hydrogens (tertiary/aromatic N) is 1. The van der Waals surface area contributed by atoms with Gasteiger partial charge in [-0.05, 0) is 36.8 Å². The summed E-state index contributed by atoms with van der Waals surface area (Å²) < 4.78 is 5.56. The maximum Gasteiger partial charge on any atom is 0.424 e. The summed E-state index contributed by atoms with van der Waals surface area (Å²) in [5.74, 6) is 0.583. The second-order valence-electron chi connectivity index (χ2n) is 5.11. The molecule has 0 heterocycles. The molecule has 0 saturated carbocycles. The molecule has 0 N–H and O–H groups in total. The fourth-order valence-electron chi connectivity index (χ4n) is 2.39. The molecular formula is C19H16ClNO2. The number of allylic oxidation sites excluding steroid dienone is 4. The molecule has 0 fully saturated rings. The van der Waals surface area contributed by atoms with Gasteiger partial charge in [0.2, 0.25) is 0 Å². The lowest BCUT2D eigenvalue weighted by Gasteiger charge is -2.23. The van der Waals surface area contributed by atoms with E-state index in [0.29, 0.717) is 17.2 Å². The number of hydrogen-bond donors (Lipinski definition) is 0. The Labute approximate surface area is 140 Å². The van der Waals surface area contributed by atoms with E-state index in [-0.39, 0.29) is 0 Å². The zero-order valence-electron chi connectivity index (χ0n) is 12.5. The molecule has 0 saturated heterocycles. The highest BCUT2D eigenvalue weighted by Gasteiger charge is 2.21. The summed E-state index contributed by atoms with van der Waals surface area (Å²) in [6, 6.07) is 18.9. The molecular weight excluding hydrogens is 310 g/mol. The van der Waals surface area contributed by atoms with Gasteiger partial charge in [-0.1, -0.05) is 54.1 Å². The van der Waals surface area contributed by atoms with Crippen LogP contribution in [0.1, 0.15) is 12.8 Å². The molecule has 0 spiro atoms. The fraction of sp³-hybridized carbons (Fsp3) is 0.105. The first-order valence-electron chi connectivity index (χ1n) is 7.42. The van der Waals surface area contributed by atoms with Gasteiger partial charge < -0.3 is 4.74 Å². The minimum absolute atomic E-state index is 0.444. The summed E-state index contributed by atoms with van der Waals surface area (Å²) in [6.45, 7) is 0. The fourth-order valence-corrected chi connectivity index (χ4v) is 2.62. The van der Waals surface area contributed by atoms with Crippen LogP contribution in [0.25, 0.3) is 0 Å². The summed E-state index contributed by atoms with van der Waals surface area (Å²) in [5, 5.41) is 0.602. The standard InChI is InChI=1S/C19H16ClNO2/c20-15-8-7-13-18(14-15)23-19(22)21(16-9-3-1-4-10-16)17-11-5-2-6-12-17/h1-6,8-12,14H,7,13H2. The molecule has 116 valence electrons. The van der Waals surface area contributed by atoms with Gasteiger partial charge in [0.05, 0.1) is 11.4 Å². The van der Waals surface area contributed by atoms with Gasteiger partial charge in [-0.3, -0.25) is 0 Å². The molecule has 1 amide bonds. The Morgan fingerprint density at radius 3 is 2.04 bits per heavy atom. The number of carbonyl (C=O) groups is 1. The summed E-state index contributed by atoms with van der Waals surface area (Å²) >= 11 is 5.99. The quantitative estimate of drug-likeness (QED) is 0.717. The SMILES string of the molecule is O=C(OC1=CC(Cl)=CCC1)N(c1ccccc1)c1ccccc1. The highest BCUT2D eigenvalue weighted by atomic mass is 35.5. The van der Waals surface area contributed by atoms with Gasteiger partial charge in [-0.25, -0.2) is 9.69 Å². The highest BCUT2D eigenvalue weighted by Crippen LogP contribution is 2.28. The molecule has 4 heteroatoms. The monoisotopic (exact) mass is 325 g/mol. The Balaban J connectivity index is 1.90. The van der Waals surface area contributed by atoms with Gasteiger partial charge in [-0.2, -0.15) is 0 Å². The largest absolute Gasteiger partial charge is 0.424 e. The van der Waals surface area contributed by atoms with E-state index < -0.39 is 6.09 Å². The van der Waals surface area contributed by atoms with Crippen molar-refractivity contribution in [1.29, 1.82) is 0 Å². The van der Waals surface area contributed by atoms with Crippen LogP contribution in [0.4, 0.5) is 16.2 Å². The van der Waals surface area contributed by atoms with E-state index in [1.807, 2.05) is 66.7 Å².